The van der Waals surface area contributed by atoms with Crippen LogP contribution < -0.4 is 5.32 Å². The molecule has 134 valence electrons. The van der Waals surface area contributed by atoms with Crippen LogP contribution in [0.2, 0.25) is 0 Å². The maximum atomic E-state index is 13.9. The fraction of sp³-hybridized carbons (Fsp3) is 0.316. The molecule has 1 aromatic heterocycles. The van der Waals surface area contributed by atoms with Crippen molar-refractivity contribution in [3.05, 3.63) is 65.7 Å². The van der Waals surface area contributed by atoms with Gasteiger partial charge >= 0.3 is 0 Å². The first-order valence-electron chi connectivity index (χ1n) is 8.48. The summed E-state index contributed by atoms with van der Waals surface area (Å²) in [6.45, 7) is 0.563. The topological polar surface area (TPSA) is 71.5 Å². The molecule has 3 heterocycles. The number of carbonyl (C=O) groups is 2. The van der Waals surface area contributed by atoms with E-state index in [4.69, 9.17) is 4.74 Å². The van der Waals surface area contributed by atoms with E-state index in [-0.39, 0.29) is 24.8 Å². The summed E-state index contributed by atoms with van der Waals surface area (Å²) in [5.41, 5.74) is 0.0597. The number of rotatable bonds is 2. The van der Waals surface area contributed by atoms with Crippen LogP contribution in [0.1, 0.15) is 22.5 Å². The third kappa shape index (κ3) is 2.74. The Morgan fingerprint density at radius 2 is 2.08 bits per heavy atom. The zero-order valence-electron chi connectivity index (χ0n) is 14.0. The van der Waals surface area contributed by atoms with Gasteiger partial charge in [-0.05, 0) is 24.1 Å². The molecule has 2 aromatic rings. The SMILES string of the molecule is O=C1CO[C@@H]2CN(C(=O)c3ncccc3F)CC[C@@]2(c2ccccc2)N1. The van der Waals surface area contributed by atoms with Crippen molar-refractivity contribution in [2.45, 2.75) is 18.1 Å². The van der Waals surface area contributed by atoms with Gasteiger partial charge in [0.2, 0.25) is 5.91 Å². The monoisotopic (exact) mass is 355 g/mol. The van der Waals surface area contributed by atoms with Crippen LogP contribution in [0.4, 0.5) is 4.39 Å². The van der Waals surface area contributed by atoms with Crippen molar-refractivity contribution >= 4 is 11.8 Å². The maximum absolute atomic E-state index is 13.9. The molecule has 0 aliphatic carbocycles. The predicted octanol–water partition coefficient (Wildman–Crippen LogP) is 1.48. The Kier molecular flexibility index (Phi) is 4.16. The highest BCUT2D eigenvalue weighted by atomic mass is 19.1. The molecule has 0 bridgehead atoms. The summed E-state index contributed by atoms with van der Waals surface area (Å²) in [7, 11) is 0. The van der Waals surface area contributed by atoms with E-state index in [0.717, 1.165) is 5.56 Å². The zero-order valence-corrected chi connectivity index (χ0v) is 14.0. The molecular weight excluding hydrogens is 337 g/mol. The minimum atomic E-state index is -0.684. The quantitative estimate of drug-likeness (QED) is 0.886. The highest BCUT2D eigenvalue weighted by Crippen LogP contribution is 2.37. The Bertz CT molecular complexity index is 845. The number of carbonyl (C=O) groups excluding carboxylic acids is 2. The number of hydrogen-bond acceptors (Lipinski definition) is 4. The molecule has 0 unspecified atom stereocenters. The number of fused-ring (bicyclic) bond motifs is 1. The summed E-state index contributed by atoms with van der Waals surface area (Å²) in [6, 6.07) is 12.3. The van der Waals surface area contributed by atoms with E-state index in [0.29, 0.717) is 13.0 Å². The number of halogens is 1. The highest BCUT2D eigenvalue weighted by molar-refractivity contribution is 5.92. The second-order valence-electron chi connectivity index (χ2n) is 6.52. The van der Waals surface area contributed by atoms with Crippen molar-refractivity contribution in [1.82, 2.24) is 15.2 Å². The molecule has 0 spiro atoms. The number of nitrogens with zero attached hydrogens (tertiary/aromatic N) is 2. The van der Waals surface area contributed by atoms with E-state index >= 15 is 0 Å². The normalized spacial score (nSPS) is 25.3. The molecule has 2 saturated heterocycles. The molecule has 26 heavy (non-hydrogen) atoms. The molecule has 6 nitrogen and oxygen atoms in total. The molecule has 4 rings (SSSR count). The van der Waals surface area contributed by atoms with Gasteiger partial charge < -0.3 is 15.0 Å². The number of benzene rings is 1. The molecule has 0 saturated carbocycles. The van der Waals surface area contributed by atoms with Crippen LogP contribution in [0.3, 0.4) is 0 Å². The fourth-order valence-corrected chi connectivity index (χ4v) is 3.73. The third-order valence-corrected chi connectivity index (χ3v) is 5.03. The van der Waals surface area contributed by atoms with Gasteiger partial charge in [-0.3, -0.25) is 9.59 Å². The number of likely N-dealkylation sites (tertiary alicyclic amines) is 1. The summed E-state index contributed by atoms with van der Waals surface area (Å²) < 4.78 is 19.7. The highest BCUT2D eigenvalue weighted by Gasteiger charge is 2.50. The Morgan fingerprint density at radius 1 is 1.27 bits per heavy atom. The van der Waals surface area contributed by atoms with Crippen LogP contribution in [0.5, 0.6) is 0 Å². The second kappa shape index (κ2) is 6.49. The van der Waals surface area contributed by atoms with Gasteiger partial charge in [0.25, 0.3) is 5.91 Å². The van der Waals surface area contributed by atoms with Gasteiger partial charge in [0.1, 0.15) is 12.7 Å². The van der Waals surface area contributed by atoms with Gasteiger partial charge in [-0.2, -0.15) is 0 Å². The van der Waals surface area contributed by atoms with Gasteiger partial charge in [-0.15, -0.1) is 0 Å². The zero-order chi connectivity index (χ0) is 18.1. The van der Waals surface area contributed by atoms with Crippen LogP contribution in [0.15, 0.2) is 48.7 Å². The Balaban J connectivity index is 1.63. The first-order chi connectivity index (χ1) is 12.6. The van der Waals surface area contributed by atoms with Gasteiger partial charge in [-0.1, -0.05) is 30.3 Å². The van der Waals surface area contributed by atoms with Crippen LogP contribution >= 0.6 is 0 Å². The van der Waals surface area contributed by atoms with Crippen molar-refractivity contribution in [3.8, 4) is 0 Å². The fourth-order valence-electron chi connectivity index (χ4n) is 3.73. The second-order valence-corrected chi connectivity index (χ2v) is 6.52. The number of pyridine rings is 1. The molecule has 1 N–H and O–H groups in total. The lowest BCUT2D eigenvalue weighted by Gasteiger charge is -2.50. The Labute approximate surface area is 150 Å². The van der Waals surface area contributed by atoms with Crippen LogP contribution in [-0.4, -0.2) is 47.5 Å². The number of nitrogens with one attached hydrogen (secondary N) is 1. The van der Waals surface area contributed by atoms with E-state index in [9.17, 15) is 14.0 Å². The number of ether oxygens (including phenoxy) is 1. The lowest BCUT2D eigenvalue weighted by atomic mass is 9.77. The van der Waals surface area contributed by atoms with Gasteiger partial charge in [0, 0.05) is 19.3 Å². The number of aromatic nitrogens is 1. The standard InChI is InChI=1S/C19H18FN3O3/c20-14-7-4-9-21-17(14)18(25)23-10-8-19(13-5-2-1-3-6-13)15(11-23)26-12-16(24)22-19/h1-7,9,15H,8,10-12H2,(H,22,24)/t15-,19+/m1/s1. The van der Waals surface area contributed by atoms with Crippen molar-refractivity contribution < 1.29 is 18.7 Å². The van der Waals surface area contributed by atoms with E-state index in [1.807, 2.05) is 30.3 Å². The molecule has 0 radical (unpaired) electrons. The lowest BCUT2D eigenvalue weighted by molar-refractivity contribution is -0.150. The molecule has 2 amide bonds. The summed E-state index contributed by atoms with van der Waals surface area (Å²) in [5, 5.41) is 3.07. The Hall–Kier alpha value is -2.80. The predicted molar refractivity (Wildman–Crippen MR) is 90.7 cm³/mol. The van der Waals surface area contributed by atoms with E-state index in [1.54, 1.807) is 0 Å². The van der Waals surface area contributed by atoms with Crippen molar-refractivity contribution in [3.63, 3.8) is 0 Å². The number of hydrogen-bond donors (Lipinski definition) is 1. The van der Waals surface area contributed by atoms with Crippen LogP contribution in [0.25, 0.3) is 0 Å². The molecule has 2 fully saturated rings. The third-order valence-electron chi connectivity index (χ3n) is 5.03. The minimum Gasteiger partial charge on any atom is -0.364 e. The van der Waals surface area contributed by atoms with Crippen molar-refractivity contribution in [2.24, 2.45) is 0 Å². The number of morpholine rings is 1. The molecule has 2 aliphatic heterocycles. The largest absolute Gasteiger partial charge is 0.364 e. The van der Waals surface area contributed by atoms with E-state index < -0.39 is 23.4 Å². The van der Waals surface area contributed by atoms with Crippen molar-refractivity contribution in [2.75, 3.05) is 19.7 Å². The summed E-state index contributed by atoms with van der Waals surface area (Å²) in [5.74, 6) is -1.29. The van der Waals surface area contributed by atoms with E-state index in [1.165, 1.54) is 23.2 Å². The average molecular weight is 355 g/mol. The summed E-state index contributed by atoms with van der Waals surface area (Å²) >= 11 is 0. The average Bonchev–Trinajstić information content (AvgIpc) is 2.68. The van der Waals surface area contributed by atoms with Gasteiger partial charge in [0.15, 0.2) is 11.5 Å². The molecule has 2 atom stereocenters. The minimum absolute atomic E-state index is 0.0563. The first kappa shape index (κ1) is 16.7. The number of amides is 2. The molecule has 1 aromatic carbocycles. The molecule has 7 heteroatoms. The summed E-state index contributed by atoms with van der Waals surface area (Å²) in [6.07, 6.45) is 1.46. The van der Waals surface area contributed by atoms with Gasteiger partial charge in [0.05, 0.1) is 5.54 Å². The maximum Gasteiger partial charge on any atom is 0.275 e. The summed E-state index contributed by atoms with van der Waals surface area (Å²) in [4.78, 5) is 30.1. The van der Waals surface area contributed by atoms with Gasteiger partial charge in [-0.25, -0.2) is 9.37 Å². The Morgan fingerprint density at radius 3 is 2.85 bits per heavy atom. The number of piperidine rings is 1. The molecule has 2 aliphatic rings. The smallest absolute Gasteiger partial charge is 0.275 e. The lowest BCUT2D eigenvalue weighted by Crippen LogP contribution is -2.67. The van der Waals surface area contributed by atoms with Crippen LogP contribution in [0, 0.1) is 5.82 Å². The first-order valence-corrected chi connectivity index (χ1v) is 8.48. The van der Waals surface area contributed by atoms with Crippen LogP contribution in [-0.2, 0) is 15.1 Å². The molecular formula is C19H18FN3O3. The van der Waals surface area contributed by atoms with E-state index in [2.05, 4.69) is 10.3 Å². The van der Waals surface area contributed by atoms with Crippen molar-refractivity contribution in [1.29, 1.82) is 0 Å².